The van der Waals surface area contributed by atoms with Gasteiger partial charge in [-0.05, 0) is 24.3 Å². The van der Waals surface area contributed by atoms with E-state index in [4.69, 9.17) is 5.11 Å². The number of nitrogens with one attached hydrogen (secondary N) is 1. The van der Waals surface area contributed by atoms with Crippen LogP contribution in [-0.4, -0.2) is 27.9 Å². The zero-order valence-corrected chi connectivity index (χ0v) is 11.4. The maximum absolute atomic E-state index is 12.1. The van der Waals surface area contributed by atoms with Gasteiger partial charge < -0.3 is 15.5 Å². The first-order valence-electron chi connectivity index (χ1n) is 6.42. The molecule has 0 aliphatic rings. The first-order valence-corrected chi connectivity index (χ1v) is 6.42. The molecule has 6 nitrogen and oxygen atoms in total. The lowest BCUT2D eigenvalue weighted by Gasteiger charge is -2.10. The highest BCUT2D eigenvalue weighted by molar-refractivity contribution is 6.13. The Morgan fingerprint density at radius 3 is 2.14 bits per heavy atom. The van der Waals surface area contributed by atoms with E-state index in [1.807, 2.05) is 0 Å². The summed E-state index contributed by atoms with van der Waals surface area (Å²) in [4.78, 5) is 34.7. The standard InChI is InChI=1S/C16H13NO5/c18-13-8-4-2-6-11(13)16(22)17-12-7-3-1-5-10(12)14(19)9-15(20)21/h1-8,18H,9H2,(H,17,22)(H,20,21). The third-order valence-corrected chi connectivity index (χ3v) is 2.94. The summed E-state index contributed by atoms with van der Waals surface area (Å²) >= 11 is 0. The van der Waals surface area contributed by atoms with E-state index in [2.05, 4.69) is 5.32 Å². The lowest BCUT2D eigenvalue weighted by atomic mass is 10.1. The van der Waals surface area contributed by atoms with Crippen LogP contribution in [0.3, 0.4) is 0 Å². The zero-order valence-electron chi connectivity index (χ0n) is 11.4. The van der Waals surface area contributed by atoms with Crippen molar-refractivity contribution in [3.05, 3.63) is 59.7 Å². The van der Waals surface area contributed by atoms with Crippen molar-refractivity contribution in [1.29, 1.82) is 0 Å². The normalized spacial score (nSPS) is 10.0. The average molecular weight is 299 g/mol. The van der Waals surface area contributed by atoms with Crippen molar-refractivity contribution in [1.82, 2.24) is 0 Å². The van der Waals surface area contributed by atoms with Gasteiger partial charge in [-0.3, -0.25) is 14.4 Å². The van der Waals surface area contributed by atoms with Crippen molar-refractivity contribution in [3.63, 3.8) is 0 Å². The van der Waals surface area contributed by atoms with Crippen LogP contribution < -0.4 is 5.32 Å². The highest BCUT2D eigenvalue weighted by Gasteiger charge is 2.17. The molecule has 0 bridgehead atoms. The van der Waals surface area contributed by atoms with E-state index in [9.17, 15) is 19.5 Å². The third-order valence-electron chi connectivity index (χ3n) is 2.94. The van der Waals surface area contributed by atoms with Crippen molar-refractivity contribution >= 4 is 23.3 Å². The van der Waals surface area contributed by atoms with E-state index < -0.39 is 24.1 Å². The number of carbonyl (C=O) groups excluding carboxylic acids is 2. The molecule has 0 radical (unpaired) electrons. The Morgan fingerprint density at radius 2 is 1.50 bits per heavy atom. The van der Waals surface area contributed by atoms with Crippen LogP contribution >= 0.6 is 0 Å². The highest BCUT2D eigenvalue weighted by atomic mass is 16.4. The van der Waals surface area contributed by atoms with Crippen molar-refractivity contribution in [2.45, 2.75) is 6.42 Å². The second kappa shape index (κ2) is 6.53. The number of amides is 1. The molecule has 2 rings (SSSR count). The summed E-state index contributed by atoms with van der Waals surface area (Å²) in [6.07, 6.45) is -0.663. The molecule has 2 aromatic carbocycles. The predicted molar refractivity (Wildman–Crippen MR) is 79.1 cm³/mol. The number of para-hydroxylation sites is 2. The molecule has 22 heavy (non-hydrogen) atoms. The number of phenolic OH excluding ortho intramolecular Hbond substituents is 1. The number of hydrogen-bond donors (Lipinski definition) is 3. The molecule has 6 heteroatoms. The Bertz CT molecular complexity index is 739. The fourth-order valence-corrected chi connectivity index (χ4v) is 1.92. The molecule has 0 atom stereocenters. The van der Waals surface area contributed by atoms with Gasteiger partial charge in [0.2, 0.25) is 0 Å². The SMILES string of the molecule is O=C(O)CC(=O)c1ccccc1NC(=O)c1ccccc1O. The van der Waals surface area contributed by atoms with E-state index in [-0.39, 0.29) is 22.6 Å². The number of ketones is 1. The van der Waals surface area contributed by atoms with Crippen LogP contribution in [-0.2, 0) is 4.79 Å². The molecule has 0 unspecified atom stereocenters. The van der Waals surface area contributed by atoms with Gasteiger partial charge in [-0.25, -0.2) is 0 Å². The second-order valence-corrected chi connectivity index (χ2v) is 4.51. The molecule has 1 amide bonds. The quantitative estimate of drug-likeness (QED) is 0.580. The minimum absolute atomic E-state index is 0.0583. The van der Waals surface area contributed by atoms with Crippen LogP contribution in [0.5, 0.6) is 5.75 Å². The van der Waals surface area contributed by atoms with Crippen LogP contribution in [0.4, 0.5) is 5.69 Å². The first kappa shape index (κ1) is 15.2. The van der Waals surface area contributed by atoms with Crippen LogP contribution in [0.15, 0.2) is 48.5 Å². The van der Waals surface area contributed by atoms with Gasteiger partial charge in [0.25, 0.3) is 5.91 Å². The van der Waals surface area contributed by atoms with E-state index in [0.717, 1.165) is 0 Å². The Morgan fingerprint density at radius 1 is 0.909 bits per heavy atom. The van der Waals surface area contributed by atoms with Crippen molar-refractivity contribution in [3.8, 4) is 5.75 Å². The molecule has 0 saturated carbocycles. The molecule has 0 fully saturated rings. The third kappa shape index (κ3) is 3.49. The first-order chi connectivity index (χ1) is 10.5. The fraction of sp³-hybridized carbons (Fsp3) is 0.0625. The number of hydrogen-bond acceptors (Lipinski definition) is 4. The molecule has 2 aromatic rings. The van der Waals surface area contributed by atoms with Gasteiger partial charge in [-0.1, -0.05) is 24.3 Å². The average Bonchev–Trinajstić information content (AvgIpc) is 2.47. The summed E-state index contributed by atoms with van der Waals surface area (Å²) in [5, 5.41) is 20.9. The van der Waals surface area contributed by atoms with Gasteiger partial charge in [-0.2, -0.15) is 0 Å². The van der Waals surface area contributed by atoms with Crippen molar-refractivity contribution in [2.24, 2.45) is 0 Å². The van der Waals surface area contributed by atoms with Gasteiger partial charge in [-0.15, -0.1) is 0 Å². The van der Waals surface area contributed by atoms with Gasteiger partial charge >= 0.3 is 5.97 Å². The summed E-state index contributed by atoms with van der Waals surface area (Å²) in [6.45, 7) is 0. The van der Waals surface area contributed by atoms with Crippen LogP contribution in [0.2, 0.25) is 0 Å². The maximum Gasteiger partial charge on any atom is 0.311 e. The van der Waals surface area contributed by atoms with Crippen LogP contribution in [0.25, 0.3) is 0 Å². The van der Waals surface area contributed by atoms with Gasteiger partial charge in [0.1, 0.15) is 12.2 Å². The number of carbonyl (C=O) groups is 3. The van der Waals surface area contributed by atoms with Crippen molar-refractivity contribution < 1.29 is 24.6 Å². The number of carboxylic acid groups (broad SMARTS) is 1. The highest BCUT2D eigenvalue weighted by Crippen LogP contribution is 2.21. The van der Waals surface area contributed by atoms with E-state index in [1.165, 1.54) is 24.3 Å². The molecule has 0 aliphatic heterocycles. The Kier molecular flexibility index (Phi) is 4.53. The number of aromatic hydroxyl groups is 1. The maximum atomic E-state index is 12.1. The van der Waals surface area contributed by atoms with Gasteiger partial charge in [0.05, 0.1) is 11.3 Å². The molecule has 112 valence electrons. The number of rotatable bonds is 5. The molecule has 3 N–H and O–H groups in total. The minimum Gasteiger partial charge on any atom is -0.507 e. The minimum atomic E-state index is -1.24. The van der Waals surface area contributed by atoms with E-state index in [1.54, 1.807) is 24.3 Å². The molecule has 0 heterocycles. The molecule has 0 aliphatic carbocycles. The number of Topliss-reactive ketones (excluding diaryl/α,β-unsaturated/α-hetero) is 1. The summed E-state index contributed by atoms with van der Waals surface area (Å²) in [5.74, 6) is -2.63. The van der Waals surface area contributed by atoms with Gasteiger partial charge in [0, 0.05) is 5.56 Å². The second-order valence-electron chi connectivity index (χ2n) is 4.51. The summed E-state index contributed by atoms with van der Waals surface area (Å²) in [5.41, 5.74) is 0.360. The Hall–Kier alpha value is -3.15. The van der Waals surface area contributed by atoms with Crippen LogP contribution in [0.1, 0.15) is 27.1 Å². The lowest BCUT2D eigenvalue weighted by Crippen LogP contribution is -2.16. The van der Waals surface area contributed by atoms with Gasteiger partial charge in [0.15, 0.2) is 5.78 Å². The van der Waals surface area contributed by atoms with E-state index >= 15 is 0 Å². The molecule has 0 aromatic heterocycles. The summed E-state index contributed by atoms with van der Waals surface area (Å²) < 4.78 is 0. The molecule has 0 saturated heterocycles. The fourth-order valence-electron chi connectivity index (χ4n) is 1.92. The van der Waals surface area contributed by atoms with Crippen molar-refractivity contribution in [2.75, 3.05) is 5.32 Å². The topological polar surface area (TPSA) is 104 Å². The molecule has 0 spiro atoms. The number of carboxylic acids is 1. The molecular weight excluding hydrogens is 286 g/mol. The number of phenols is 1. The number of aliphatic carboxylic acids is 1. The summed E-state index contributed by atoms with van der Waals surface area (Å²) in [6, 6.07) is 12.1. The monoisotopic (exact) mass is 299 g/mol. The smallest absolute Gasteiger partial charge is 0.311 e. The van der Waals surface area contributed by atoms with Crippen LogP contribution in [0, 0.1) is 0 Å². The number of anilines is 1. The predicted octanol–water partition coefficient (Wildman–Crippen LogP) is 2.30. The lowest BCUT2D eigenvalue weighted by molar-refractivity contribution is -0.135. The Balaban J connectivity index is 2.27. The molecular formula is C16H13NO5. The Labute approximate surface area is 126 Å². The summed E-state index contributed by atoms with van der Waals surface area (Å²) in [7, 11) is 0. The number of benzene rings is 2. The largest absolute Gasteiger partial charge is 0.507 e. The zero-order chi connectivity index (χ0) is 16.1. The van der Waals surface area contributed by atoms with E-state index in [0.29, 0.717) is 0 Å².